The van der Waals surface area contributed by atoms with Gasteiger partial charge in [0.05, 0.1) is 5.75 Å². The summed E-state index contributed by atoms with van der Waals surface area (Å²) in [5.41, 5.74) is 2.20. The van der Waals surface area contributed by atoms with E-state index in [1.54, 1.807) is 12.4 Å². The molecule has 3 aromatic rings. The highest BCUT2D eigenvalue weighted by molar-refractivity contribution is 7.99. The van der Waals surface area contributed by atoms with Crippen LogP contribution in [0.5, 0.6) is 0 Å². The standard InChI is InChI=1S/C21H22N4O2S/c26-19(15-28-21-24-23-20(27-21)18-6-10-22-11-7-18)25-12-8-17(9-13-25)14-16-4-2-1-3-5-16/h1-7,10-11,17H,8-9,12-15H2. The lowest BCUT2D eigenvalue weighted by atomic mass is 9.90. The minimum atomic E-state index is 0.131. The zero-order valence-electron chi connectivity index (χ0n) is 15.5. The molecule has 0 atom stereocenters. The SMILES string of the molecule is O=C(CSc1nnc(-c2ccncc2)o1)N1CCC(Cc2ccccc2)CC1. The molecule has 1 aromatic carbocycles. The Kier molecular flexibility index (Phi) is 6.01. The van der Waals surface area contributed by atoms with Crippen molar-refractivity contribution in [2.75, 3.05) is 18.8 Å². The molecule has 0 bridgehead atoms. The van der Waals surface area contributed by atoms with Crippen LogP contribution in [-0.2, 0) is 11.2 Å². The van der Waals surface area contributed by atoms with Crippen molar-refractivity contribution >= 4 is 17.7 Å². The molecule has 0 N–H and O–H groups in total. The fourth-order valence-electron chi connectivity index (χ4n) is 3.43. The topological polar surface area (TPSA) is 72.1 Å². The third-order valence-corrected chi connectivity index (χ3v) is 5.79. The van der Waals surface area contributed by atoms with E-state index in [4.69, 9.17) is 4.42 Å². The van der Waals surface area contributed by atoms with Crippen molar-refractivity contribution in [1.82, 2.24) is 20.1 Å². The zero-order chi connectivity index (χ0) is 19.2. The molecule has 28 heavy (non-hydrogen) atoms. The lowest BCUT2D eigenvalue weighted by molar-refractivity contribution is -0.129. The van der Waals surface area contributed by atoms with Gasteiger partial charge in [-0.1, -0.05) is 42.1 Å². The van der Waals surface area contributed by atoms with Crippen molar-refractivity contribution in [1.29, 1.82) is 0 Å². The van der Waals surface area contributed by atoms with Gasteiger partial charge in [0.25, 0.3) is 5.22 Å². The molecule has 1 aliphatic heterocycles. The molecule has 1 fully saturated rings. The van der Waals surface area contributed by atoms with Crippen LogP contribution in [0.15, 0.2) is 64.5 Å². The number of amides is 1. The first-order chi connectivity index (χ1) is 13.8. The van der Waals surface area contributed by atoms with Gasteiger partial charge in [-0.25, -0.2) is 0 Å². The van der Waals surface area contributed by atoms with Gasteiger partial charge in [0.2, 0.25) is 11.8 Å². The van der Waals surface area contributed by atoms with Gasteiger partial charge in [-0.05, 0) is 42.9 Å². The highest BCUT2D eigenvalue weighted by Crippen LogP contribution is 2.25. The molecule has 1 saturated heterocycles. The van der Waals surface area contributed by atoms with Gasteiger partial charge in [-0.3, -0.25) is 9.78 Å². The predicted molar refractivity (Wildman–Crippen MR) is 108 cm³/mol. The number of rotatable bonds is 6. The van der Waals surface area contributed by atoms with Gasteiger partial charge >= 0.3 is 0 Å². The number of piperidine rings is 1. The number of pyridine rings is 1. The Hall–Kier alpha value is -2.67. The summed E-state index contributed by atoms with van der Waals surface area (Å²) in [6.07, 6.45) is 6.56. The van der Waals surface area contributed by atoms with Crippen LogP contribution in [-0.4, -0.2) is 44.8 Å². The number of benzene rings is 1. The van der Waals surface area contributed by atoms with Crippen LogP contribution in [0.2, 0.25) is 0 Å². The van der Waals surface area contributed by atoms with E-state index < -0.39 is 0 Å². The highest BCUT2D eigenvalue weighted by Gasteiger charge is 2.23. The van der Waals surface area contributed by atoms with Crippen LogP contribution >= 0.6 is 11.8 Å². The number of carbonyl (C=O) groups is 1. The molecule has 7 heteroatoms. The van der Waals surface area contributed by atoms with E-state index >= 15 is 0 Å². The molecule has 6 nitrogen and oxygen atoms in total. The average Bonchev–Trinajstić information content (AvgIpc) is 3.23. The Bertz CT molecular complexity index is 893. The van der Waals surface area contributed by atoms with Crippen molar-refractivity contribution in [2.24, 2.45) is 5.92 Å². The van der Waals surface area contributed by atoms with Crippen molar-refractivity contribution in [3.05, 3.63) is 60.4 Å². The molecule has 0 spiro atoms. The molecule has 144 valence electrons. The van der Waals surface area contributed by atoms with Gasteiger partial charge < -0.3 is 9.32 Å². The van der Waals surface area contributed by atoms with Crippen molar-refractivity contribution in [3.63, 3.8) is 0 Å². The number of carbonyl (C=O) groups excluding carboxylic acids is 1. The first-order valence-corrected chi connectivity index (χ1v) is 10.4. The fourth-order valence-corrected chi connectivity index (χ4v) is 4.09. The summed E-state index contributed by atoms with van der Waals surface area (Å²) < 4.78 is 5.63. The Balaban J connectivity index is 1.23. The monoisotopic (exact) mass is 394 g/mol. The molecular weight excluding hydrogens is 372 g/mol. The maximum Gasteiger partial charge on any atom is 0.277 e. The molecule has 2 aromatic heterocycles. The summed E-state index contributed by atoms with van der Waals surface area (Å²) in [6.45, 7) is 1.64. The molecule has 4 rings (SSSR count). The van der Waals surface area contributed by atoms with Crippen molar-refractivity contribution < 1.29 is 9.21 Å². The summed E-state index contributed by atoms with van der Waals surface area (Å²) in [7, 11) is 0. The Morgan fingerprint density at radius 1 is 1.07 bits per heavy atom. The van der Waals surface area contributed by atoms with Gasteiger partial charge in [0, 0.05) is 31.0 Å². The molecule has 0 saturated carbocycles. The molecular formula is C21H22N4O2S. The second-order valence-electron chi connectivity index (χ2n) is 6.91. The third-order valence-electron chi connectivity index (χ3n) is 4.99. The van der Waals surface area contributed by atoms with Crippen molar-refractivity contribution in [3.8, 4) is 11.5 Å². The van der Waals surface area contributed by atoms with Crippen LogP contribution in [0.3, 0.4) is 0 Å². The van der Waals surface area contributed by atoms with Crippen molar-refractivity contribution in [2.45, 2.75) is 24.5 Å². The molecule has 0 aliphatic carbocycles. The Morgan fingerprint density at radius 2 is 1.82 bits per heavy atom. The summed E-state index contributed by atoms with van der Waals surface area (Å²) in [4.78, 5) is 18.4. The first-order valence-electron chi connectivity index (χ1n) is 9.46. The number of hydrogen-bond donors (Lipinski definition) is 0. The van der Waals surface area contributed by atoms with Gasteiger partial charge in [0.1, 0.15) is 0 Å². The van der Waals surface area contributed by atoms with E-state index in [1.807, 2.05) is 23.1 Å². The fraction of sp³-hybridized carbons (Fsp3) is 0.333. The van der Waals surface area contributed by atoms with Crippen LogP contribution in [0.1, 0.15) is 18.4 Å². The number of nitrogens with zero attached hydrogens (tertiary/aromatic N) is 4. The summed E-state index contributed by atoms with van der Waals surface area (Å²) in [6, 6.07) is 14.2. The minimum Gasteiger partial charge on any atom is -0.411 e. The molecule has 0 radical (unpaired) electrons. The largest absolute Gasteiger partial charge is 0.411 e. The first kappa shape index (κ1) is 18.7. The Labute approximate surface area is 168 Å². The maximum atomic E-state index is 12.5. The predicted octanol–water partition coefficient (Wildman–Crippen LogP) is 3.71. The minimum absolute atomic E-state index is 0.131. The number of aromatic nitrogens is 3. The van der Waals surface area contributed by atoms with Gasteiger partial charge in [0.15, 0.2) is 0 Å². The summed E-state index contributed by atoms with van der Waals surface area (Å²) in [5.74, 6) is 1.55. The van der Waals surface area contributed by atoms with E-state index in [0.717, 1.165) is 37.9 Å². The summed E-state index contributed by atoms with van der Waals surface area (Å²) >= 11 is 1.29. The van der Waals surface area contributed by atoms with E-state index in [2.05, 4.69) is 39.4 Å². The second kappa shape index (κ2) is 9.01. The smallest absolute Gasteiger partial charge is 0.277 e. The number of hydrogen-bond acceptors (Lipinski definition) is 6. The maximum absolute atomic E-state index is 12.5. The normalized spacial score (nSPS) is 14.9. The number of thioether (sulfide) groups is 1. The summed E-state index contributed by atoms with van der Waals surface area (Å²) in [5, 5.41) is 8.48. The lowest BCUT2D eigenvalue weighted by Gasteiger charge is -2.32. The van der Waals surface area contributed by atoms with Crippen LogP contribution < -0.4 is 0 Å². The lowest BCUT2D eigenvalue weighted by Crippen LogP contribution is -2.39. The molecule has 1 aliphatic rings. The van der Waals surface area contributed by atoms with E-state index in [9.17, 15) is 4.79 Å². The van der Waals surface area contributed by atoms with E-state index in [-0.39, 0.29) is 5.91 Å². The average molecular weight is 395 g/mol. The van der Waals surface area contributed by atoms with Gasteiger partial charge in [-0.2, -0.15) is 0 Å². The number of likely N-dealkylation sites (tertiary alicyclic amines) is 1. The molecule has 3 heterocycles. The second-order valence-corrected chi connectivity index (χ2v) is 7.84. The third kappa shape index (κ3) is 4.78. The van der Waals surface area contributed by atoms with Gasteiger partial charge in [-0.15, -0.1) is 10.2 Å². The molecule has 1 amide bonds. The quantitative estimate of drug-likeness (QED) is 0.594. The van der Waals surface area contributed by atoms with Crippen LogP contribution in [0.25, 0.3) is 11.5 Å². The van der Waals surface area contributed by atoms with E-state index in [1.165, 1.54) is 17.3 Å². The molecule has 0 unspecified atom stereocenters. The van der Waals surface area contributed by atoms with Crippen LogP contribution in [0.4, 0.5) is 0 Å². The highest BCUT2D eigenvalue weighted by atomic mass is 32.2. The Morgan fingerprint density at radius 3 is 2.57 bits per heavy atom. The van der Waals surface area contributed by atoms with Crippen LogP contribution in [0, 0.1) is 5.92 Å². The van der Waals surface area contributed by atoms with E-state index in [0.29, 0.717) is 22.8 Å². The zero-order valence-corrected chi connectivity index (χ0v) is 16.3.